The van der Waals surface area contributed by atoms with E-state index in [2.05, 4.69) is 40.6 Å². The Morgan fingerprint density at radius 2 is 1.38 bits per heavy atom. The molecule has 0 aliphatic carbocycles. The number of rotatable bonds is 8. The minimum atomic E-state index is 0.150. The topological polar surface area (TPSA) is 23.6 Å². The van der Waals surface area contributed by atoms with E-state index in [1.807, 2.05) is 54.4 Å². The van der Waals surface area contributed by atoms with Crippen LogP contribution in [0.3, 0.4) is 0 Å². The zero-order chi connectivity index (χ0) is 18.2. The van der Waals surface area contributed by atoms with Crippen molar-refractivity contribution in [3.05, 3.63) is 94.2 Å². The average Bonchev–Trinajstić information content (AvgIpc) is 3.15. The van der Waals surface area contributed by atoms with E-state index >= 15 is 0 Å². The predicted octanol–water partition coefficient (Wildman–Crippen LogP) is 4.41. The number of thiophene rings is 1. The largest absolute Gasteiger partial charge is 0.333 e. The summed E-state index contributed by atoms with van der Waals surface area (Å²) in [6, 6.07) is 24.5. The lowest BCUT2D eigenvalue weighted by Gasteiger charge is -2.26. The number of carbonyl (C=O) groups is 1. The van der Waals surface area contributed by atoms with Gasteiger partial charge in [0.05, 0.1) is 6.54 Å². The van der Waals surface area contributed by atoms with Crippen molar-refractivity contribution in [3.8, 4) is 0 Å². The average molecular weight is 365 g/mol. The van der Waals surface area contributed by atoms with Gasteiger partial charge in [0.15, 0.2) is 0 Å². The summed E-state index contributed by atoms with van der Waals surface area (Å²) in [4.78, 5) is 18.3. The molecule has 0 spiro atoms. The second-order valence-electron chi connectivity index (χ2n) is 6.47. The van der Waals surface area contributed by atoms with Gasteiger partial charge in [0.2, 0.25) is 5.91 Å². The van der Waals surface area contributed by atoms with E-state index in [4.69, 9.17) is 0 Å². The first-order chi connectivity index (χ1) is 12.7. The standard InChI is InChI=1S/C22H24N2OS/c1-23(17-21-13-8-14-26-21)18-22(25)24(15-19-9-4-2-5-10-19)16-20-11-6-3-7-12-20/h2-14H,15-18H2,1H3. The molecule has 134 valence electrons. The number of carbonyl (C=O) groups excluding carboxylic acids is 1. The third-order valence-electron chi connectivity index (χ3n) is 4.20. The van der Waals surface area contributed by atoms with Gasteiger partial charge in [-0.2, -0.15) is 0 Å². The van der Waals surface area contributed by atoms with Crippen molar-refractivity contribution in [2.24, 2.45) is 0 Å². The Hall–Kier alpha value is -2.43. The van der Waals surface area contributed by atoms with Gasteiger partial charge >= 0.3 is 0 Å². The van der Waals surface area contributed by atoms with Crippen LogP contribution < -0.4 is 0 Å². The third kappa shape index (κ3) is 5.55. The SMILES string of the molecule is CN(CC(=O)N(Cc1ccccc1)Cc1ccccc1)Cc1cccs1. The van der Waals surface area contributed by atoms with Gasteiger partial charge in [-0.25, -0.2) is 0 Å². The van der Waals surface area contributed by atoms with Gasteiger partial charge in [0.1, 0.15) is 0 Å². The molecule has 0 N–H and O–H groups in total. The highest BCUT2D eigenvalue weighted by molar-refractivity contribution is 7.09. The van der Waals surface area contributed by atoms with Crippen molar-refractivity contribution in [3.63, 3.8) is 0 Å². The highest BCUT2D eigenvalue weighted by atomic mass is 32.1. The van der Waals surface area contributed by atoms with Crippen LogP contribution in [0.4, 0.5) is 0 Å². The molecule has 2 aromatic carbocycles. The molecule has 0 bridgehead atoms. The molecule has 1 amide bonds. The Morgan fingerprint density at radius 3 is 1.88 bits per heavy atom. The lowest BCUT2D eigenvalue weighted by molar-refractivity contribution is -0.133. The van der Waals surface area contributed by atoms with E-state index in [9.17, 15) is 4.79 Å². The summed E-state index contributed by atoms with van der Waals surface area (Å²) in [6.45, 7) is 2.47. The number of hydrogen-bond acceptors (Lipinski definition) is 3. The molecule has 1 aromatic heterocycles. The van der Waals surface area contributed by atoms with Crippen LogP contribution >= 0.6 is 11.3 Å². The van der Waals surface area contributed by atoms with E-state index in [0.717, 1.165) is 17.7 Å². The van der Waals surface area contributed by atoms with Crippen LogP contribution in [0.5, 0.6) is 0 Å². The molecule has 0 radical (unpaired) electrons. The van der Waals surface area contributed by atoms with Crippen LogP contribution in [0, 0.1) is 0 Å². The number of benzene rings is 2. The third-order valence-corrected chi connectivity index (χ3v) is 5.06. The van der Waals surface area contributed by atoms with Crippen LogP contribution in [0.15, 0.2) is 78.2 Å². The van der Waals surface area contributed by atoms with Crippen LogP contribution in [-0.4, -0.2) is 29.3 Å². The molecule has 3 nitrogen and oxygen atoms in total. The maximum Gasteiger partial charge on any atom is 0.237 e. The Balaban J connectivity index is 1.67. The molecule has 0 saturated carbocycles. The summed E-state index contributed by atoms with van der Waals surface area (Å²) in [5.74, 6) is 0.150. The highest BCUT2D eigenvalue weighted by Gasteiger charge is 2.17. The number of likely N-dealkylation sites (N-methyl/N-ethyl adjacent to an activating group) is 1. The fraction of sp³-hybridized carbons (Fsp3) is 0.227. The number of nitrogens with zero attached hydrogens (tertiary/aromatic N) is 2. The normalized spacial score (nSPS) is 10.8. The molecular formula is C22H24N2OS. The molecule has 1 heterocycles. The predicted molar refractivity (Wildman–Crippen MR) is 108 cm³/mol. The van der Waals surface area contributed by atoms with Crippen molar-refractivity contribution in [1.29, 1.82) is 0 Å². The quantitative estimate of drug-likeness (QED) is 0.591. The van der Waals surface area contributed by atoms with Crippen molar-refractivity contribution in [1.82, 2.24) is 9.80 Å². The minimum absolute atomic E-state index is 0.150. The molecule has 3 rings (SSSR count). The summed E-state index contributed by atoms with van der Waals surface area (Å²) in [7, 11) is 2.00. The summed E-state index contributed by atoms with van der Waals surface area (Å²) >= 11 is 1.73. The maximum atomic E-state index is 13.0. The van der Waals surface area contributed by atoms with Crippen LogP contribution in [-0.2, 0) is 24.4 Å². The Bertz CT molecular complexity index is 746. The second-order valence-corrected chi connectivity index (χ2v) is 7.50. The summed E-state index contributed by atoms with van der Waals surface area (Å²) in [5.41, 5.74) is 2.30. The fourth-order valence-electron chi connectivity index (χ4n) is 2.90. The summed E-state index contributed by atoms with van der Waals surface area (Å²) in [5, 5.41) is 2.07. The molecule has 0 unspecified atom stereocenters. The zero-order valence-electron chi connectivity index (χ0n) is 15.0. The van der Waals surface area contributed by atoms with Crippen molar-refractivity contribution >= 4 is 17.2 Å². The van der Waals surface area contributed by atoms with E-state index in [-0.39, 0.29) is 5.91 Å². The van der Waals surface area contributed by atoms with Gasteiger partial charge < -0.3 is 4.90 Å². The molecule has 0 aliphatic heterocycles. The van der Waals surface area contributed by atoms with Gasteiger partial charge in [-0.05, 0) is 29.6 Å². The number of hydrogen-bond donors (Lipinski definition) is 0. The fourth-order valence-corrected chi connectivity index (χ4v) is 3.68. The Kier molecular flexibility index (Phi) is 6.58. The van der Waals surface area contributed by atoms with E-state index in [0.29, 0.717) is 19.6 Å². The monoisotopic (exact) mass is 364 g/mol. The first kappa shape index (κ1) is 18.4. The van der Waals surface area contributed by atoms with Crippen molar-refractivity contribution in [2.75, 3.05) is 13.6 Å². The molecule has 0 aliphatic rings. The van der Waals surface area contributed by atoms with E-state index < -0.39 is 0 Å². The molecule has 0 fully saturated rings. The zero-order valence-corrected chi connectivity index (χ0v) is 15.9. The lowest BCUT2D eigenvalue weighted by atomic mass is 10.1. The Morgan fingerprint density at radius 1 is 0.808 bits per heavy atom. The Labute approximate surface area is 159 Å². The summed E-state index contributed by atoms with van der Waals surface area (Å²) < 4.78 is 0. The van der Waals surface area contributed by atoms with Crippen molar-refractivity contribution < 1.29 is 4.79 Å². The molecular weight excluding hydrogens is 340 g/mol. The van der Waals surface area contributed by atoms with Crippen LogP contribution in [0.2, 0.25) is 0 Å². The van der Waals surface area contributed by atoms with Crippen molar-refractivity contribution in [2.45, 2.75) is 19.6 Å². The number of amides is 1. The van der Waals surface area contributed by atoms with Crippen LogP contribution in [0.25, 0.3) is 0 Å². The molecule has 4 heteroatoms. The first-order valence-electron chi connectivity index (χ1n) is 8.77. The highest BCUT2D eigenvalue weighted by Crippen LogP contribution is 2.13. The molecule has 26 heavy (non-hydrogen) atoms. The van der Waals surface area contributed by atoms with Gasteiger partial charge in [0, 0.05) is 24.5 Å². The smallest absolute Gasteiger partial charge is 0.237 e. The molecule has 0 saturated heterocycles. The molecule has 0 atom stereocenters. The van der Waals surface area contributed by atoms with Crippen LogP contribution in [0.1, 0.15) is 16.0 Å². The van der Waals surface area contributed by atoms with Gasteiger partial charge in [0.25, 0.3) is 0 Å². The maximum absolute atomic E-state index is 13.0. The van der Waals surface area contributed by atoms with Gasteiger partial charge in [-0.3, -0.25) is 9.69 Å². The van der Waals surface area contributed by atoms with Gasteiger partial charge in [-0.1, -0.05) is 66.7 Å². The van der Waals surface area contributed by atoms with E-state index in [1.165, 1.54) is 4.88 Å². The minimum Gasteiger partial charge on any atom is -0.333 e. The molecule has 3 aromatic rings. The van der Waals surface area contributed by atoms with Gasteiger partial charge in [-0.15, -0.1) is 11.3 Å². The second kappa shape index (κ2) is 9.32. The lowest BCUT2D eigenvalue weighted by Crippen LogP contribution is -2.38. The summed E-state index contributed by atoms with van der Waals surface area (Å²) in [6.07, 6.45) is 0. The first-order valence-corrected chi connectivity index (χ1v) is 9.65. The van der Waals surface area contributed by atoms with E-state index in [1.54, 1.807) is 11.3 Å².